The van der Waals surface area contributed by atoms with E-state index in [4.69, 9.17) is 0 Å². The molecule has 1 aromatic heterocycles. The van der Waals surface area contributed by atoms with Gasteiger partial charge in [0.15, 0.2) is 0 Å². The molecule has 0 radical (unpaired) electrons. The summed E-state index contributed by atoms with van der Waals surface area (Å²) >= 11 is 0. The Balaban J connectivity index is 1.54. The Kier molecular flexibility index (Phi) is 6.53. The van der Waals surface area contributed by atoms with Crippen LogP contribution < -0.4 is 0 Å². The highest BCUT2D eigenvalue weighted by molar-refractivity contribution is 5.91. The molecular weight excluding hydrogens is 503 g/mol. The van der Waals surface area contributed by atoms with Crippen LogP contribution in [0.25, 0.3) is 33.2 Å². The largest absolute Gasteiger partial charge is 0.418 e. The Labute approximate surface area is 233 Å². The molecule has 1 nitrogen and oxygen atoms in total. The summed E-state index contributed by atoms with van der Waals surface area (Å²) in [6, 6.07) is 28.6. The molecule has 202 valence electrons. The highest BCUT2D eigenvalue weighted by Crippen LogP contribution is 2.41. The number of halogens is 3. The van der Waals surface area contributed by atoms with Crippen molar-refractivity contribution in [3.8, 4) is 22.4 Å². The van der Waals surface area contributed by atoms with Crippen molar-refractivity contribution in [2.45, 2.75) is 58.0 Å². The number of benzene rings is 4. The van der Waals surface area contributed by atoms with Gasteiger partial charge in [-0.2, -0.15) is 13.2 Å². The second kappa shape index (κ2) is 9.92. The first-order valence-corrected chi connectivity index (χ1v) is 13.9. The van der Waals surface area contributed by atoms with Crippen LogP contribution in [0.4, 0.5) is 13.2 Å². The van der Waals surface area contributed by atoms with E-state index < -0.39 is 11.7 Å². The van der Waals surface area contributed by atoms with Gasteiger partial charge in [-0.25, -0.2) is 0 Å². The molecule has 0 fully saturated rings. The van der Waals surface area contributed by atoms with Crippen LogP contribution in [0.5, 0.6) is 0 Å². The molecule has 0 spiro atoms. The van der Waals surface area contributed by atoms with Crippen molar-refractivity contribution in [3.05, 3.63) is 125 Å². The number of rotatable bonds is 2. The molecule has 4 bridgehead atoms. The number of aromatic nitrogens is 1. The summed E-state index contributed by atoms with van der Waals surface area (Å²) in [4.78, 5) is 4.39. The molecule has 4 aromatic carbocycles. The van der Waals surface area contributed by atoms with E-state index in [-0.39, 0.29) is 11.0 Å². The predicted molar refractivity (Wildman–Crippen MR) is 158 cm³/mol. The average Bonchev–Trinajstić information content (AvgIpc) is 2.92. The summed E-state index contributed by atoms with van der Waals surface area (Å²) in [7, 11) is 0. The van der Waals surface area contributed by atoms with E-state index in [9.17, 15) is 13.2 Å². The van der Waals surface area contributed by atoms with Crippen molar-refractivity contribution < 1.29 is 13.2 Å². The minimum atomic E-state index is -4.52. The molecule has 0 atom stereocenters. The van der Waals surface area contributed by atoms with E-state index in [0.717, 1.165) is 58.5 Å². The van der Waals surface area contributed by atoms with E-state index in [1.54, 1.807) is 6.07 Å². The Morgan fingerprint density at radius 3 is 1.98 bits per heavy atom. The molecule has 40 heavy (non-hydrogen) atoms. The first kappa shape index (κ1) is 26.3. The lowest BCUT2D eigenvalue weighted by Gasteiger charge is -2.23. The number of nitrogens with zero attached hydrogens (tertiary/aromatic N) is 1. The fourth-order valence-electron chi connectivity index (χ4n) is 5.83. The standard InChI is InChI=1S/C36H32F3N/c1-35(2,3)32-20-28(19-27-6-4-5-7-29(27)32)34-21-31(33(22-40-34)36(37,38)39)30-18-25-13-12-23-8-10-24(11-9-23)14-16-26(30)17-15-25/h4-11,15,17-22H,12-14,16H2,1-3H3. The lowest BCUT2D eigenvalue weighted by atomic mass is 9.82. The van der Waals surface area contributed by atoms with E-state index in [1.807, 2.05) is 30.3 Å². The zero-order valence-corrected chi connectivity index (χ0v) is 23.1. The van der Waals surface area contributed by atoms with Crippen molar-refractivity contribution >= 4 is 10.8 Å². The molecule has 4 aliphatic rings. The van der Waals surface area contributed by atoms with Gasteiger partial charge in [-0.15, -0.1) is 0 Å². The third-order valence-electron chi connectivity index (χ3n) is 8.05. The van der Waals surface area contributed by atoms with Gasteiger partial charge in [0.2, 0.25) is 0 Å². The molecule has 0 saturated carbocycles. The maximum atomic E-state index is 14.4. The molecule has 5 aromatic rings. The highest BCUT2D eigenvalue weighted by atomic mass is 19.4. The summed E-state index contributed by atoms with van der Waals surface area (Å²) in [6.45, 7) is 6.47. The molecule has 0 amide bonds. The number of fused-ring (bicyclic) bond motifs is 1. The predicted octanol–water partition coefficient (Wildman–Crippen LogP) is 9.77. The molecule has 9 rings (SSSR count). The molecular formula is C36H32F3N. The van der Waals surface area contributed by atoms with Crippen LogP contribution in [0.3, 0.4) is 0 Å². The van der Waals surface area contributed by atoms with E-state index in [1.165, 1.54) is 11.1 Å². The summed E-state index contributed by atoms with van der Waals surface area (Å²) in [6.07, 6.45) is -0.451. The fraction of sp³-hybridized carbons (Fsp3) is 0.250. The van der Waals surface area contributed by atoms with Gasteiger partial charge in [0.1, 0.15) is 0 Å². The third-order valence-corrected chi connectivity index (χ3v) is 8.05. The number of pyridine rings is 1. The number of alkyl halides is 3. The van der Waals surface area contributed by atoms with Crippen molar-refractivity contribution in [2.75, 3.05) is 0 Å². The Morgan fingerprint density at radius 1 is 0.625 bits per heavy atom. The lowest BCUT2D eigenvalue weighted by Crippen LogP contribution is -2.12. The van der Waals surface area contributed by atoms with Gasteiger partial charge in [0.25, 0.3) is 0 Å². The highest BCUT2D eigenvalue weighted by Gasteiger charge is 2.35. The zero-order chi connectivity index (χ0) is 28.1. The van der Waals surface area contributed by atoms with Crippen LogP contribution in [-0.4, -0.2) is 4.98 Å². The van der Waals surface area contributed by atoms with Gasteiger partial charge in [-0.05, 0) is 99.0 Å². The normalized spacial score (nSPS) is 13.8. The number of aryl methyl sites for hydroxylation is 4. The van der Waals surface area contributed by atoms with Crippen LogP contribution in [-0.2, 0) is 37.3 Å². The maximum absolute atomic E-state index is 14.4. The summed E-state index contributed by atoms with van der Waals surface area (Å²) in [5.41, 5.74) is 6.92. The van der Waals surface area contributed by atoms with Crippen molar-refractivity contribution in [1.29, 1.82) is 0 Å². The van der Waals surface area contributed by atoms with Gasteiger partial charge in [0.05, 0.1) is 11.3 Å². The van der Waals surface area contributed by atoms with Crippen LogP contribution in [0, 0.1) is 0 Å². The first-order chi connectivity index (χ1) is 19.1. The first-order valence-electron chi connectivity index (χ1n) is 13.9. The number of hydrogen-bond donors (Lipinski definition) is 0. The van der Waals surface area contributed by atoms with Crippen molar-refractivity contribution in [3.63, 3.8) is 0 Å². The molecule has 0 aliphatic heterocycles. The van der Waals surface area contributed by atoms with Crippen LogP contribution >= 0.6 is 0 Å². The smallest absolute Gasteiger partial charge is 0.256 e. The molecule has 4 heteroatoms. The summed E-state index contributed by atoms with van der Waals surface area (Å²) < 4.78 is 43.3. The van der Waals surface area contributed by atoms with Gasteiger partial charge in [0, 0.05) is 11.8 Å². The molecule has 0 N–H and O–H groups in total. The van der Waals surface area contributed by atoms with Crippen LogP contribution in [0.1, 0.15) is 54.2 Å². The quantitative estimate of drug-likeness (QED) is 0.219. The van der Waals surface area contributed by atoms with Gasteiger partial charge < -0.3 is 0 Å². The summed E-state index contributed by atoms with van der Waals surface area (Å²) in [5, 5.41) is 2.20. The maximum Gasteiger partial charge on any atom is 0.418 e. The monoisotopic (exact) mass is 535 g/mol. The molecule has 4 aliphatic carbocycles. The van der Waals surface area contributed by atoms with Gasteiger partial charge >= 0.3 is 6.18 Å². The minimum Gasteiger partial charge on any atom is -0.256 e. The lowest BCUT2D eigenvalue weighted by molar-refractivity contribution is -0.137. The van der Waals surface area contributed by atoms with E-state index in [2.05, 4.69) is 74.3 Å². The minimum absolute atomic E-state index is 0.144. The number of hydrogen-bond acceptors (Lipinski definition) is 1. The Bertz CT molecular complexity index is 1710. The average molecular weight is 536 g/mol. The third kappa shape index (κ3) is 5.15. The zero-order valence-electron chi connectivity index (χ0n) is 23.1. The van der Waals surface area contributed by atoms with Crippen LogP contribution in [0.2, 0.25) is 0 Å². The fourth-order valence-corrected chi connectivity index (χ4v) is 5.83. The second-order valence-electron chi connectivity index (χ2n) is 11.9. The van der Waals surface area contributed by atoms with Gasteiger partial charge in [-0.1, -0.05) is 87.5 Å². The van der Waals surface area contributed by atoms with Crippen LogP contribution in [0.15, 0.2) is 91.1 Å². The second-order valence-corrected chi connectivity index (χ2v) is 11.9. The van der Waals surface area contributed by atoms with E-state index >= 15 is 0 Å². The van der Waals surface area contributed by atoms with Crippen molar-refractivity contribution in [1.82, 2.24) is 4.98 Å². The topological polar surface area (TPSA) is 12.9 Å². The molecule has 1 heterocycles. The molecule has 0 unspecified atom stereocenters. The Hall–Kier alpha value is -3.92. The summed E-state index contributed by atoms with van der Waals surface area (Å²) in [5.74, 6) is 0. The van der Waals surface area contributed by atoms with E-state index in [0.29, 0.717) is 17.7 Å². The van der Waals surface area contributed by atoms with Crippen molar-refractivity contribution in [2.24, 2.45) is 0 Å². The Morgan fingerprint density at radius 2 is 1.27 bits per heavy atom. The SMILES string of the molecule is CC(C)(C)c1cc(-c2cc(-c3cc4ccc3CCc3ccc(cc3)CC4)c(C(F)(F)F)cn2)cc2ccccc12. The van der Waals surface area contributed by atoms with Gasteiger partial charge in [-0.3, -0.25) is 4.98 Å². The molecule has 0 saturated heterocycles.